The highest BCUT2D eigenvalue weighted by atomic mass is 16.1. The molecule has 4 heteroatoms. The van der Waals surface area contributed by atoms with Crippen molar-refractivity contribution >= 4 is 5.91 Å². The third-order valence-electron chi connectivity index (χ3n) is 1.59. The van der Waals surface area contributed by atoms with E-state index in [1.54, 1.807) is 6.20 Å². The molecule has 1 aliphatic heterocycles. The summed E-state index contributed by atoms with van der Waals surface area (Å²) in [5.41, 5.74) is 1.37. The average Bonchev–Trinajstić information content (AvgIpc) is 2.40. The number of fused-ring (bicyclic) bond motifs is 1. The number of carbonyl (C=O) groups is 1. The van der Waals surface area contributed by atoms with E-state index in [0.29, 0.717) is 5.69 Å². The van der Waals surface area contributed by atoms with Gasteiger partial charge in [-0.3, -0.25) is 4.79 Å². The van der Waals surface area contributed by atoms with Crippen LogP contribution in [0.3, 0.4) is 0 Å². The van der Waals surface area contributed by atoms with Crippen molar-refractivity contribution in [2.45, 2.75) is 6.42 Å². The number of carbonyl (C=O) groups excluding carboxylic acids is 1. The lowest BCUT2D eigenvalue weighted by atomic mass is 10.2. The van der Waals surface area contributed by atoms with Crippen LogP contribution < -0.4 is 5.32 Å². The Kier molecular flexibility index (Phi) is 1.25. The van der Waals surface area contributed by atoms with Crippen LogP contribution in [0.4, 0.5) is 0 Å². The van der Waals surface area contributed by atoms with E-state index in [-0.39, 0.29) is 5.91 Å². The summed E-state index contributed by atoms with van der Waals surface area (Å²) in [6.45, 7) is 0. The van der Waals surface area contributed by atoms with Gasteiger partial charge in [-0.05, 0) is 0 Å². The zero-order valence-corrected chi connectivity index (χ0v) is 5.79. The lowest BCUT2D eigenvalue weighted by Gasteiger charge is -1.92. The number of hydrogen-bond donors (Lipinski definition) is 2. The first kappa shape index (κ1) is 6.15. The molecule has 0 saturated heterocycles. The van der Waals surface area contributed by atoms with Gasteiger partial charge in [-0.15, -0.1) is 0 Å². The molecule has 0 fully saturated rings. The third kappa shape index (κ3) is 0.920. The molecular weight excluding hydrogens is 142 g/mol. The largest absolute Gasteiger partial charge is 0.348 e. The first-order chi connectivity index (χ1) is 5.38. The molecule has 0 atom stereocenters. The predicted octanol–water partition coefficient (Wildman–Crippen LogP) is 0.209. The lowest BCUT2D eigenvalue weighted by Crippen LogP contribution is -2.16. The van der Waals surface area contributed by atoms with Crippen LogP contribution in [0, 0.1) is 0 Å². The van der Waals surface area contributed by atoms with E-state index in [1.807, 2.05) is 6.08 Å². The Morgan fingerprint density at radius 1 is 1.55 bits per heavy atom. The molecule has 1 aromatic heterocycles. The number of imidazole rings is 1. The van der Waals surface area contributed by atoms with Crippen LogP contribution in [0.15, 0.2) is 18.6 Å². The van der Waals surface area contributed by atoms with Gasteiger partial charge < -0.3 is 10.3 Å². The number of rotatable bonds is 0. The van der Waals surface area contributed by atoms with Crippen LogP contribution in [0.2, 0.25) is 0 Å². The summed E-state index contributed by atoms with van der Waals surface area (Å²) < 4.78 is 0. The van der Waals surface area contributed by atoms with Crippen LogP contribution in [-0.4, -0.2) is 15.9 Å². The second kappa shape index (κ2) is 2.23. The van der Waals surface area contributed by atoms with Crippen molar-refractivity contribution in [2.75, 3.05) is 0 Å². The van der Waals surface area contributed by atoms with Gasteiger partial charge in [0.15, 0.2) is 0 Å². The van der Waals surface area contributed by atoms with E-state index in [0.717, 1.165) is 12.1 Å². The quantitative estimate of drug-likeness (QED) is 0.554. The topological polar surface area (TPSA) is 57.8 Å². The molecule has 2 N–H and O–H groups in total. The van der Waals surface area contributed by atoms with Crippen molar-refractivity contribution in [3.8, 4) is 0 Å². The fourth-order valence-corrected chi connectivity index (χ4v) is 1.05. The van der Waals surface area contributed by atoms with E-state index in [1.165, 1.54) is 6.33 Å². The Morgan fingerprint density at radius 3 is 3.36 bits per heavy atom. The molecule has 1 aromatic rings. The Morgan fingerprint density at radius 2 is 2.45 bits per heavy atom. The summed E-state index contributed by atoms with van der Waals surface area (Å²) in [6, 6.07) is 0. The van der Waals surface area contributed by atoms with Crippen molar-refractivity contribution in [3.63, 3.8) is 0 Å². The molecule has 2 heterocycles. The minimum atomic E-state index is -0.144. The van der Waals surface area contributed by atoms with Crippen LogP contribution in [0.25, 0.3) is 0 Å². The van der Waals surface area contributed by atoms with Crippen LogP contribution in [0.1, 0.15) is 16.2 Å². The Labute approximate surface area is 63.3 Å². The first-order valence-corrected chi connectivity index (χ1v) is 3.36. The third-order valence-corrected chi connectivity index (χ3v) is 1.59. The van der Waals surface area contributed by atoms with Crippen molar-refractivity contribution in [1.82, 2.24) is 15.3 Å². The van der Waals surface area contributed by atoms with Crippen molar-refractivity contribution in [3.05, 3.63) is 30.0 Å². The maximum atomic E-state index is 11.1. The fraction of sp³-hybridized carbons (Fsp3) is 0.143. The molecule has 11 heavy (non-hydrogen) atoms. The summed E-state index contributed by atoms with van der Waals surface area (Å²) in [5, 5.41) is 2.58. The SMILES string of the molecule is O=C1NC=CCc2[nH]cnc21. The number of hydrogen-bond acceptors (Lipinski definition) is 2. The van der Waals surface area contributed by atoms with E-state index in [4.69, 9.17) is 0 Å². The Bertz CT molecular complexity index is 313. The van der Waals surface area contributed by atoms with E-state index >= 15 is 0 Å². The molecular formula is C7H7N3O. The van der Waals surface area contributed by atoms with Gasteiger partial charge >= 0.3 is 0 Å². The van der Waals surface area contributed by atoms with Gasteiger partial charge in [0.05, 0.1) is 12.0 Å². The van der Waals surface area contributed by atoms with Crippen LogP contribution in [0.5, 0.6) is 0 Å². The minimum Gasteiger partial charge on any atom is -0.348 e. The summed E-state index contributed by atoms with van der Waals surface area (Å²) in [7, 11) is 0. The summed E-state index contributed by atoms with van der Waals surface area (Å²) in [4.78, 5) is 17.9. The number of aromatic amines is 1. The van der Waals surface area contributed by atoms with Gasteiger partial charge in [-0.25, -0.2) is 4.98 Å². The lowest BCUT2D eigenvalue weighted by molar-refractivity contribution is 0.0966. The maximum absolute atomic E-state index is 11.1. The molecule has 0 saturated carbocycles. The van der Waals surface area contributed by atoms with Crippen molar-refractivity contribution < 1.29 is 4.79 Å². The molecule has 0 bridgehead atoms. The molecule has 4 nitrogen and oxygen atoms in total. The second-order valence-electron chi connectivity index (χ2n) is 2.31. The van der Waals surface area contributed by atoms with E-state index < -0.39 is 0 Å². The highest BCUT2D eigenvalue weighted by molar-refractivity contribution is 5.94. The molecule has 2 rings (SSSR count). The standard InChI is InChI=1S/C7H7N3O/c11-7-6-5(9-4-10-6)2-1-3-8-7/h1,3-4H,2H2,(H,8,11)(H,9,10). The molecule has 1 aliphatic rings. The van der Waals surface area contributed by atoms with Gasteiger partial charge in [0.1, 0.15) is 5.69 Å². The maximum Gasteiger partial charge on any atom is 0.275 e. The molecule has 0 spiro atoms. The zero-order chi connectivity index (χ0) is 7.68. The fourth-order valence-electron chi connectivity index (χ4n) is 1.05. The Balaban J connectivity index is 2.49. The Hall–Kier alpha value is -1.58. The van der Waals surface area contributed by atoms with Gasteiger partial charge in [0, 0.05) is 12.6 Å². The summed E-state index contributed by atoms with van der Waals surface area (Å²) in [5.74, 6) is -0.144. The van der Waals surface area contributed by atoms with Gasteiger partial charge in [0.2, 0.25) is 0 Å². The molecule has 0 aromatic carbocycles. The molecule has 1 amide bonds. The number of amides is 1. The molecule has 0 aliphatic carbocycles. The number of nitrogens with one attached hydrogen (secondary N) is 2. The average molecular weight is 149 g/mol. The smallest absolute Gasteiger partial charge is 0.275 e. The monoisotopic (exact) mass is 149 g/mol. The van der Waals surface area contributed by atoms with E-state index in [2.05, 4.69) is 15.3 Å². The van der Waals surface area contributed by atoms with Gasteiger partial charge in [-0.1, -0.05) is 6.08 Å². The number of nitrogens with zero attached hydrogens (tertiary/aromatic N) is 1. The van der Waals surface area contributed by atoms with Crippen LogP contribution >= 0.6 is 0 Å². The highest BCUT2D eigenvalue weighted by Gasteiger charge is 2.13. The number of aromatic nitrogens is 2. The summed E-state index contributed by atoms with van der Waals surface area (Å²) in [6.07, 6.45) is 5.78. The normalized spacial score (nSPS) is 15.5. The summed E-state index contributed by atoms with van der Waals surface area (Å²) >= 11 is 0. The molecule has 0 unspecified atom stereocenters. The van der Waals surface area contributed by atoms with Gasteiger partial charge in [-0.2, -0.15) is 0 Å². The molecule has 56 valence electrons. The zero-order valence-electron chi connectivity index (χ0n) is 5.79. The van der Waals surface area contributed by atoms with Crippen molar-refractivity contribution in [1.29, 1.82) is 0 Å². The first-order valence-electron chi connectivity index (χ1n) is 3.36. The molecule has 0 radical (unpaired) electrons. The second-order valence-corrected chi connectivity index (χ2v) is 2.31. The predicted molar refractivity (Wildman–Crippen MR) is 38.9 cm³/mol. The van der Waals surface area contributed by atoms with Crippen LogP contribution in [-0.2, 0) is 6.42 Å². The minimum absolute atomic E-state index is 0.144. The number of H-pyrrole nitrogens is 1. The van der Waals surface area contributed by atoms with Gasteiger partial charge in [0.25, 0.3) is 5.91 Å². The van der Waals surface area contributed by atoms with E-state index in [9.17, 15) is 4.79 Å². The van der Waals surface area contributed by atoms with Crippen molar-refractivity contribution in [2.24, 2.45) is 0 Å². The number of allylic oxidation sites excluding steroid dienone is 1. The highest BCUT2D eigenvalue weighted by Crippen LogP contribution is 2.06.